The van der Waals surface area contributed by atoms with Crippen LogP contribution in [0.25, 0.3) is 0 Å². The summed E-state index contributed by atoms with van der Waals surface area (Å²) in [6.45, 7) is 3.54. The number of aromatic nitrogens is 4. The van der Waals surface area contributed by atoms with E-state index < -0.39 is 0 Å². The van der Waals surface area contributed by atoms with E-state index in [9.17, 15) is 0 Å². The van der Waals surface area contributed by atoms with Crippen LogP contribution in [-0.2, 0) is 33.7 Å². The molecule has 0 saturated heterocycles. The molecule has 0 unspecified atom stereocenters. The first-order chi connectivity index (χ1) is 3.43. The molecule has 0 aliphatic heterocycles. The summed E-state index contributed by atoms with van der Waals surface area (Å²) in [6.07, 6.45) is 0.594. The molecule has 5 heteroatoms. The van der Waals surface area contributed by atoms with Crippen LogP contribution >= 0.6 is 0 Å². The molecule has 8 heavy (non-hydrogen) atoms. The number of hydrogen-bond acceptors (Lipinski definition) is 3. The number of hydrogen-bond donors (Lipinski definition) is 1. The molecule has 0 saturated carbocycles. The maximum absolute atomic E-state index is 3.62. The Balaban J connectivity index is 0.000000490. The summed E-state index contributed by atoms with van der Waals surface area (Å²) in [6, 6.07) is 0. The van der Waals surface area contributed by atoms with E-state index in [0.717, 1.165) is 0 Å². The van der Waals surface area contributed by atoms with E-state index in [0.29, 0.717) is 12.2 Å². The van der Waals surface area contributed by atoms with Gasteiger partial charge in [-0.15, -0.1) is 16.6 Å². The molecular weight excluding hydrogens is 204 g/mol. The first-order valence-electron chi connectivity index (χ1n) is 1.95. The molecule has 1 rings (SSSR count). The zero-order valence-corrected chi connectivity index (χ0v) is 8.50. The van der Waals surface area contributed by atoms with Crippen LogP contribution in [-0.4, -0.2) is 20.6 Å². The van der Waals surface area contributed by atoms with E-state index in [1.54, 1.807) is 0 Å². The number of nitrogens with one attached hydrogen (secondary N) is 1. The minimum atomic E-state index is 0. The summed E-state index contributed by atoms with van der Waals surface area (Å²) < 4.78 is 0. The van der Waals surface area contributed by atoms with Crippen LogP contribution in [0.2, 0.25) is 0 Å². The SMILES string of the molecule is [CH2-]Cc1nn[nH]n1.[Cd]. The molecule has 1 aromatic rings. The predicted octanol–water partition coefficient (Wildman–Crippen LogP) is -0.426. The quantitative estimate of drug-likeness (QED) is 0.505. The first-order valence-corrected chi connectivity index (χ1v) is 1.95. The molecular formula is C3H5CdN4-. The number of tetrazole rings is 1. The van der Waals surface area contributed by atoms with E-state index in [1.165, 1.54) is 0 Å². The third kappa shape index (κ3) is 1.85. The van der Waals surface area contributed by atoms with Crippen LogP contribution < -0.4 is 0 Å². The summed E-state index contributed by atoms with van der Waals surface area (Å²) >= 11 is 0. The number of H-pyrrole nitrogens is 1. The van der Waals surface area contributed by atoms with Gasteiger partial charge in [0.2, 0.25) is 0 Å². The van der Waals surface area contributed by atoms with Gasteiger partial charge in [-0.05, 0) is 0 Å². The number of aromatic amines is 1. The Hall–Kier alpha value is -0.00792. The van der Waals surface area contributed by atoms with Gasteiger partial charge in [-0.25, -0.2) is 0 Å². The van der Waals surface area contributed by atoms with Crippen molar-refractivity contribution in [1.82, 2.24) is 20.6 Å². The van der Waals surface area contributed by atoms with E-state index in [1.807, 2.05) is 0 Å². The standard InChI is InChI=1S/C3H5N4.Cd/c1-2-3-4-6-7-5-3;/h1-2H2,(H,4,5,6,7);/q-1;. The van der Waals surface area contributed by atoms with Gasteiger partial charge in [-0.3, -0.25) is 0 Å². The van der Waals surface area contributed by atoms with E-state index in [2.05, 4.69) is 27.5 Å². The van der Waals surface area contributed by atoms with Crippen LogP contribution in [0, 0.1) is 6.92 Å². The summed E-state index contributed by atoms with van der Waals surface area (Å²) in [5.74, 6) is 0.653. The van der Waals surface area contributed by atoms with Crippen molar-refractivity contribution in [2.75, 3.05) is 0 Å². The summed E-state index contributed by atoms with van der Waals surface area (Å²) in [7, 11) is 0. The largest absolute Gasteiger partial charge is 0.336 e. The topological polar surface area (TPSA) is 54.5 Å². The Morgan fingerprint density at radius 3 is 2.62 bits per heavy atom. The Morgan fingerprint density at radius 1 is 1.62 bits per heavy atom. The summed E-state index contributed by atoms with van der Waals surface area (Å²) in [5, 5.41) is 12.9. The molecule has 40 valence electrons. The minimum absolute atomic E-state index is 0. The van der Waals surface area contributed by atoms with Gasteiger partial charge >= 0.3 is 0 Å². The molecule has 0 fully saturated rings. The van der Waals surface area contributed by atoms with Gasteiger partial charge in [-0.2, -0.15) is 5.21 Å². The van der Waals surface area contributed by atoms with Crippen molar-refractivity contribution in [3.63, 3.8) is 0 Å². The molecule has 1 heterocycles. The summed E-state index contributed by atoms with van der Waals surface area (Å²) in [5.41, 5.74) is 0. The molecule has 0 aromatic carbocycles. The van der Waals surface area contributed by atoms with Crippen molar-refractivity contribution in [3.8, 4) is 0 Å². The molecule has 0 spiro atoms. The van der Waals surface area contributed by atoms with Gasteiger partial charge in [0.25, 0.3) is 0 Å². The van der Waals surface area contributed by atoms with Crippen molar-refractivity contribution in [3.05, 3.63) is 12.7 Å². The minimum Gasteiger partial charge on any atom is -0.336 e. The van der Waals surface area contributed by atoms with E-state index in [4.69, 9.17) is 0 Å². The van der Waals surface area contributed by atoms with Gasteiger partial charge in [0.05, 0.1) is 0 Å². The summed E-state index contributed by atoms with van der Waals surface area (Å²) in [4.78, 5) is 0. The molecule has 4 nitrogen and oxygen atoms in total. The average Bonchev–Trinajstić information content (AvgIpc) is 2.14. The van der Waals surface area contributed by atoms with Gasteiger partial charge in [-0.1, -0.05) is 5.21 Å². The van der Waals surface area contributed by atoms with Gasteiger partial charge < -0.3 is 6.92 Å². The van der Waals surface area contributed by atoms with Crippen molar-refractivity contribution >= 4 is 0 Å². The zero-order chi connectivity index (χ0) is 5.11. The van der Waals surface area contributed by atoms with Crippen LogP contribution in [0.5, 0.6) is 0 Å². The Labute approximate surface area is 67.2 Å². The molecule has 0 aliphatic rings. The Morgan fingerprint density at radius 2 is 2.38 bits per heavy atom. The fourth-order valence-corrected chi connectivity index (χ4v) is 0.288. The predicted molar refractivity (Wildman–Crippen MR) is 23.2 cm³/mol. The second kappa shape index (κ2) is 3.93. The van der Waals surface area contributed by atoms with Crippen molar-refractivity contribution < 1.29 is 27.3 Å². The number of rotatable bonds is 1. The number of nitrogens with zero attached hydrogens (tertiary/aromatic N) is 3. The van der Waals surface area contributed by atoms with E-state index in [-0.39, 0.29) is 27.3 Å². The van der Waals surface area contributed by atoms with Gasteiger partial charge in [0, 0.05) is 27.3 Å². The monoisotopic (exact) mass is 211 g/mol. The van der Waals surface area contributed by atoms with E-state index >= 15 is 0 Å². The maximum atomic E-state index is 3.62. The third-order valence-corrected chi connectivity index (χ3v) is 0.613. The average molecular weight is 210 g/mol. The van der Waals surface area contributed by atoms with Crippen LogP contribution in [0.4, 0.5) is 0 Å². The van der Waals surface area contributed by atoms with Crippen LogP contribution in [0.1, 0.15) is 5.82 Å². The Bertz CT molecular complexity index is 126. The van der Waals surface area contributed by atoms with Crippen molar-refractivity contribution in [2.24, 2.45) is 0 Å². The first kappa shape index (κ1) is 7.99. The molecule has 0 bridgehead atoms. The third-order valence-electron chi connectivity index (χ3n) is 0.613. The Kier molecular flexibility index (Phi) is 3.93. The second-order valence-electron chi connectivity index (χ2n) is 1.08. The fraction of sp³-hybridized carbons (Fsp3) is 0.333. The molecule has 0 aliphatic carbocycles. The molecule has 0 amide bonds. The second-order valence-corrected chi connectivity index (χ2v) is 1.08. The van der Waals surface area contributed by atoms with Gasteiger partial charge in [0.1, 0.15) is 5.82 Å². The smallest absolute Gasteiger partial charge is 0.145 e. The molecule has 1 N–H and O–H groups in total. The molecule has 0 radical (unpaired) electrons. The van der Waals surface area contributed by atoms with Gasteiger partial charge in [0.15, 0.2) is 0 Å². The van der Waals surface area contributed by atoms with Crippen LogP contribution in [0.3, 0.4) is 0 Å². The van der Waals surface area contributed by atoms with Crippen LogP contribution in [0.15, 0.2) is 0 Å². The molecule has 0 atom stereocenters. The molecule has 1 aromatic heterocycles. The van der Waals surface area contributed by atoms with Crippen molar-refractivity contribution in [2.45, 2.75) is 6.42 Å². The normalized spacial score (nSPS) is 8.12. The fourth-order valence-electron chi connectivity index (χ4n) is 0.288. The zero-order valence-electron chi connectivity index (χ0n) is 4.46. The maximum Gasteiger partial charge on any atom is 0.145 e. The van der Waals surface area contributed by atoms with Crippen molar-refractivity contribution in [1.29, 1.82) is 0 Å².